The molecular weight excluding hydrogens is 574 g/mol. The van der Waals surface area contributed by atoms with Crippen LogP contribution in [0.5, 0.6) is 5.75 Å². The summed E-state index contributed by atoms with van der Waals surface area (Å²) in [6.45, 7) is 1.78. The number of anilines is 1. The number of nitrogens with zero attached hydrogens (tertiary/aromatic N) is 1. The number of carboxylic acids is 4. The molecule has 2 bridgehead atoms. The molecule has 1 aromatic carbocycles. The summed E-state index contributed by atoms with van der Waals surface area (Å²) in [5.74, 6) is -3.50. The Balaban J connectivity index is 1.42. The van der Waals surface area contributed by atoms with Crippen molar-refractivity contribution in [3.05, 3.63) is 23.3 Å². The molecule has 13 nitrogen and oxygen atoms in total. The number of ether oxygens (including phenoxy) is 1. The van der Waals surface area contributed by atoms with Crippen LogP contribution in [0.4, 0.5) is 5.69 Å². The highest BCUT2D eigenvalue weighted by Crippen LogP contribution is 2.66. The van der Waals surface area contributed by atoms with Crippen molar-refractivity contribution in [2.45, 2.75) is 105 Å². The van der Waals surface area contributed by atoms with Gasteiger partial charge in [-0.05, 0) is 50.2 Å². The Hall–Kier alpha value is -3.42. The largest absolute Gasteiger partial charge is 0.485 e. The molecule has 240 valence electrons. The first-order valence-electron chi connectivity index (χ1n) is 15.6. The Morgan fingerprint density at radius 1 is 0.977 bits per heavy atom. The quantitative estimate of drug-likeness (QED) is 0.148. The molecule has 1 spiro atoms. The Bertz CT molecular complexity index is 1380. The van der Waals surface area contributed by atoms with Crippen LogP contribution in [0, 0.1) is 5.92 Å². The fraction of sp³-hybridized carbons (Fsp3) is 0.677. The molecule has 3 aliphatic carbocycles. The van der Waals surface area contributed by atoms with Gasteiger partial charge in [-0.2, -0.15) is 0 Å². The summed E-state index contributed by atoms with van der Waals surface area (Å²) in [5.41, 5.74) is 0.192. The molecule has 8 atom stereocenters. The van der Waals surface area contributed by atoms with E-state index in [0.29, 0.717) is 43.0 Å². The zero-order valence-electron chi connectivity index (χ0n) is 24.8. The van der Waals surface area contributed by atoms with Crippen LogP contribution in [-0.2, 0) is 31.0 Å². The molecule has 1 unspecified atom stereocenters. The molecule has 13 heteroatoms. The molecule has 1 aromatic rings. The van der Waals surface area contributed by atoms with E-state index in [9.17, 15) is 39.6 Å². The minimum atomic E-state index is -1.20. The Labute approximate surface area is 254 Å². The number of rotatable bonds is 14. The lowest BCUT2D eigenvalue weighted by Gasteiger charge is -2.65. The van der Waals surface area contributed by atoms with Gasteiger partial charge in [-0.15, -0.1) is 0 Å². The summed E-state index contributed by atoms with van der Waals surface area (Å²) in [4.78, 5) is 46.7. The van der Waals surface area contributed by atoms with Crippen LogP contribution in [0.3, 0.4) is 0 Å². The van der Waals surface area contributed by atoms with Crippen molar-refractivity contribution >= 4 is 29.6 Å². The second kappa shape index (κ2) is 10.9. The summed E-state index contributed by atoms with van der Waals surface area (Å²) in [5, 5.41) is 57.3. The van der Waals surface area contributed by atoms with Gasteiger partial charge in [0.1, 0.15) is 35.6 Å². The lowest BCUT2D eigenvalue weighted by molar-refractivity contribution is -0.950. The van der Waals surface area contributed by atoms with Gasteiger partial charge in [0.2, 0.25) is 0 Å². The van der Waals surface area contributed by atoms with E-state index in [1.807, 2.05) is 6.07 Å². The number of quaternary nitrogens is 1. The molecular formula is C31H42N3O10+. The highest BCUT2D eigenvalue weighted by atomic mass is 16.5. The summed E-state index contributed by atoms with van der Waals surface area (Å²) >= 11 is 0. The van der Waals surface area contributed by atoms with E-state index < -0.39 is 59.1 Å². The normalized spacial score (nSPS) is 34.3. The van der Waals surface area contributed by atoms with Gasteiger partial charge in [-0.25, -0.2) is 4.79 Å². The summed E-state index contributed by atoms with van der Waals surface area (Å²) in [6, 6.07) is 0.776. The van der Waals surface area contributed by atoms with Crippen LogP contribution in [0.1, 0.15) is 68.9 Å². The molecule has 5 aliphatic rings. The van der Waals surface area contributed by atoms with E-state index in [-0.39, 0.29) is 31.7 Å². The van der Waals surface area contributed by atoms with E-state index in [0.717, 1.165) is 28.7 Å². The number of likely N-dealkylation sites (N-methyl/N-ethyl adjacent to an activating group) is 1. The predicted molar refractivity (Wildman–Crippen MR) is 155 cm³/mol. The van der Waals surface area contributed by atoms with Crippen molar-refractivity contribution in [3.63, 3.8) is 0 Å². The monoisotopic (exact) mass is 616 g/mol. The fourth-order valence-corrected chi connectivity index (χ4v) is 8.97. The van der Waals surface area contributed by atoms with Gasteiger partial charge in [-0.3, -0.25) is 19.7 Å². The van der Waals surface area contributed by atoms with E-state index in [1.165, 1.54) is 12.8 Å². The highest BCUT2D eigenvalue weighted by molar-refractivity contribution is 5.81. The third kappa shape index (κ3) is 4.89. The van der Waals surface area contributed by atoms with Gasteiger partial charge >= 0.3 is 23.9 Å². The SMILES string of the molecule is C[N@+]1(CC2CC2)CC[C@]23c4c5ccc(N[C@@H](CCC(=O)O)C(=O)O)c4O[C@H]2C(N[C@@H](CCC(=O)O)C(=O)O)CC[C@@]3(O)[C@@H]1C5. The molecule has 0 amide bonds. The number of aliphatic carboxylic acids is 4. The molecule has 3 fully saturated rings. The molecule has 2 aliphatic heterocycles. The number of benzene rings is 1. The van der Waals surface area contributed by atoms with Crippen LogP contribution in [0.2, 0.25) is 0 Å². The first kappa shape index (κ1) is 30.6. The number of aliphatic hydroxyl groups is 1. The van der Waals surface area contributed by atoms with Crippen LogP contribution >= 0.6 is 0 Å². The highest BCUT2D eigenvalue weighted by Gasteiger charge is 2.76. The van der Waals surface area contributed by atoms with Gasteiger partial charge < -0.3 is 40.1 Å². The topological polar surface area (TPSA) is 203 Å². The Morgan fingerprint density at radius 2 is 1.64 bits per heavy atom. The number of hydrogen-bond acceptors (Lipinski definition) is 8. The minimum Gasteiger partial charge on any atom is -0.485 e. The van der Waals surface area contributed by atoms with Crippen LogP contribution < -0.4 is 15.4 Å². The third-order valence-electron chi connectivity index (χ3n) is 11.1. The Kier molecular flexibility index (Phi) is 7.57. The number of carbonyl (C=O) groups is 4. The first-order chi connectivity index (χ1) is 20.8. The van der Waals surface area contributed by atoms with Gasteiger partial charge in [-0.1, -0.05) is 6.07 Å². The van der Waals surface area contributed by atoms with Gasteiger partial charge in [0.25, 0.3) is 0 Å². The summed E-state index contributed by atoms with van der Waals surface area (Å²) in [7, 11) is 2.23. The zero-order valence-corrected chi connectivity index (χ0v) is 24.8. The molecule has 0 aromatic heterocycles. The molecule has 0 radical (unpaired) electrons. The van der Waals surface area contributed by atoms with Crippen LogP contribution in [0.15, 0.2) is 12.1 Å². The Morgan fingerprint density at radius 3 is 2.25 bits per heavy atom. The average Bonchev–Trinajstić information content (AvgIpc) is 3.68. The zero-order chi connectivity index (χ0) is 31.6. The van der Waals surface area contributed by atoms with Crippen molar-refractivity contribution in [1.82, 2.24) is 5.32 Å². The molecule has 2 saturated carbocycles. The maximum Gasteiger partial charge on any atom is 0.326 e. The predicted octanol–water partition coefficient (Wildman–Crippen LogP) is 1.40. The summed E-state index contributed by atoms with van der Waals surface area (Å²) in [6.07, 6.45) is 2.83. The van der Waals surface area contributed by atoms with E-state index >= 15 is 0 Å². The second-order valence-corrected chi connectivity index (χ2v) is 13.8. The molecule has 2 heterocycles. The van der Waals surface area contributed by atoms with E-state index in [4.69, 9.17) is 9.84 Å². The average molecular weight is 617 g/mol. The lowest BCUT2D eigenvalue weighted by Crippen LogP contribution is -2.82. The number of hydrogen-bond donors (Lipinski definition) is 7. The van der Waals surface area contributed by atoms with Crippen molar-refractivity contribution < 1.29 is 53.9 Å². The van der Waals surface area contributed by atoms with Gasteiger partial charge in [0, 0.05) is 43.2 Å². The van der Waals surface area contributed by atoms with Crippen molar-refractivity contribution in [1.29, 1.82) is 0 Å². The third-order valence-corrected chi connectivity index (χ3v) is 11.1. The van der Waals surface area contributed by atoms with E-state index in [1.54, 1.807) is 6.07 Å². The smallest absolute Gasteiger partial charge is 0.326 e. The summed E-state index contributed by atoms with van der Waals surface area (Å²) < 4.78 is 7.50. The lowest BCUT2D eigenvalue weighted by atomic mass is 9.48. The maximum absolute atomic E-state index is 12.9. The van der Waals surface area contributed by atoms with Crippen molar-refractivity contribution in [2.24, 2.45) is 5.92 Å². The fourth-order valence-electron chi connectivity index (χ4n) is 8.97. The number of carboxylic acid groups (broad SMARTS) is 4. The minimum absolute atomic E-state index is 0.106. The number of nitrogens with one attached hydrogen (secondary N) is 2. The first-order valence-corrected chi connectivity index (χ1v) is 15.6. The van der Waals surface area contributed by atoms with Crippen LogP contribution in [-0.4, -0.2) is 110 Å². The molecule has 6 rings (SSSR count). The van der Waals surface area contributed by atoms with Gasteiger partial charge in [0.05, 0.1) is 31.2 Å². The molecule has 1 saturated heterocycles. The van der Waals surface area contributed by atoms with Crippen LogP contribution in [0.25, 0.3) is 0 Å². The van der Waals surface area contributed by atoms with Crippen molar-refractivity contribution in [2.75, 3.05) is 25.5 Å². The molecule has 44 heavy (non-hydrogen) atoms. The number of piperidine rings is 1. The number of likely N-dealkylation sites (tertiary alicyclic amines) is 1. The van der Waals surface area contributed by atoms with Gasteiger partial charge in [0.15, 0.2) is 0 Å². The molecule has 7 N–H and O–H groups in total. The maximum atomic E-state index is 12.9. The standard InChI is InChI=1S/C31H41N3O10/c1-34(15-16-2-3-16)13-12-30-25-17-4-5-18(32-20(28(39)40)6-8-23(35)36)26(25)44-27(30)19(10-11-31(30,43)22(34)14-17)33-21(29(41)42)7-9-24(37)38/h4-5,16,19-22,27,32-33,43H,2-3,6-15H2,1H3,(H3-,35,36,37,38,39,40,41,42)/p+1/t19?,20-,21-,22-,27-,30-,31+,34+/m0/s1. The van der Waals surface area contributed by atoms with Crippen molar-refractivity contribution in [3.8, 4) is 5.75 Å². The second-order valence-electron chi connectivity index (χ2n) is 13.8. The van der Waals surface area contributed by atoms with E-state index in [2.05, 4.69) is 17.7 Å².